The summed E-state index contributed by atoms with van der Waals surface area (Å²) in [5.41, 5.74) is 2.35. The Morgan fingerprint density at radius 3 is 2.28 bits per heavy atom. The average molecular weight is 490 g/mol. The van der Waals surface area contributed by atoms with Crippen molar-refractivity contribution in [2.24, 2.45) is 0 Å². The third-order valence-corrected chi connectivity index (χ3v) is 6.49. The van der Waals surface area contributed by atoms with Crippen molar-refractivity contribution in [1.29, 1.82) is 5.26 Å². The number of halogens is 3. The molecule has 1 amide bonds. The fourth-order valence-corrected chi connectivity index (χ4v) is 4.41. The summed E-state index contributed by atoms with van der Waals surface area (Å²) in [4.78, 5) is 20.9. The molecular weight excluding hydrogens is 467 g/mol. The van der Waals surface area contributed by atoms with Gasteiger partial charge in [-0.2, -0.15) is 18.4 Å². The van der Waals surface area contributed by atoms with E-state index in [2.05, 4.69) is 11.1 Å². The lowest BCUT2D eigenvalue weighted by atomic mass is 9.98. The minimum atomic E-state index is -4.68. The van der Waals surface area contributed by atoms with Gasteiger partial charge in [0, 0.05) is 37.9 Å². The van der Waals surface area contributed by atoms with E-state index in [9.17, 15) is 18.0 Å². The standard InChI is InChI=1S/C27H22F3N5O/c1-33-10-12-34(13-11-33)26(36)22-8-6-20(14-23(22)27(28,29)30)21-7-9-25-32-16-24(35(25)17-21)19-4-2-18(15-31)3-5-19/h2-9,14,16-17H,10-13H2,1H3. The number of rotatable bonds is 3. The van der Waals surface area contributed by atoms with Crippen LogP contribution in [0.4, 0.5) is 13.2 Å². The highest BCUT2D eigenvalue weighted by Crippen LogP contribution is 2.36. The van der Waals surface area contributed by atoms with Crippen molar-refractivity contribution in [3.63, 3.8) is 0 Å². The van der Waals surface area contributed by atoms with Gasteiger partial charge in [-0.1, -0.05) is 18.2 Å². The lowest BCUT2D eigenvalue weighted by molar-refractivity contribution is -0.138. The van der Waals surface area contributed by atoms with Crippen molar-refractivity contribution < 1.29 is 18.0 Å². The zero-order valence-electron chi connectivity index (χ0n) is 19.5. The van der Waals surface area contributed by atoms with E-state index in [0.717, 1.165) is 17.3 Å². The number of benzene rings is 2. The number of nitriles is 1. The molecule has 3 heterocycles. The lowest BCUT2D eigenvalue weighted by Crippen LogP contribution is -2.47. The lowest BCUT2D eigenvalue weighted by Gasteiger charge is -2.33. The Morgan fingerprint density at radius 1 is 0.944 bits per heavy atom. The van der Waals surface area contributed by atoms with Gasteiger partial charge in [0.15, 0.2) is 0 Å². The first-order chi connectivity index (χ1) is 17.2. The molecule has 0 bridgehead atoms. The Labute approximate surface area is 205 Å². The monoisotopic (exact) mass is 489 g/mol. The van der Waals surface area contributed by atoms with E-state index in [-0.39, 0.29) is 5.56 Å². The second-order valence-electron chi connectivity index (χ2n) is 8.83. The fourth-order valence-electron chi connectivity index (χ4n) is 4.41. The molecule has 9 heteroatoms. The molecule has 1 saturated heterocycles. The third-order valence-electron chi connectivity index (χ3n) is 6.49. The van der Waals surface area contributed by atoms with Crippen molar-refractivity contribution in [3.8, 4) is 28.5 Å². The van der Waals surface area contributed by atoms with Crippen LogP contribution in [0.15, 0.2) is 67.0 Å². The highest BCUT2D eigenvalue weighted by Gasteiger charge is 2.37. The molecule has 1 aliphatic rings. The van der Waals surface area contributed by atoms with E-state index in [1.807, 2.05) is 11.9 Å². The van der Waals surface area contributed by atoms with E-state index in [1.54, 1.807) is 59.3 Å². The predicted molar refractivity (Wildman–Crippen MR) is 129 cm³/mol. The van der Waals surface area contributed by atoms with Crippen LogP contribution in [-0.2, 0) is 6.18 Å². The SMILES string of the molecule is CN1CCN(C(=O)c2ccc(-c3ccc4ncc(-c5ccc(C#N)cc5)n4c3)cc2C(F)(F)F)CC1. The number of carbonyl (C=O) groups is 1. The molecule has 1 aliphatic heterocycles. The van der Waals surface area contributed by atoms with Gasteiger partial charge in [0.25, 0.3) is 5.91 Å². The number of carbonyl (C=O) groups excluding carboxylic acids is 1. The first kappa shape index (κ1) is 23.6. The van der Waals surface area contributed by atoms with Gasteiger partial charge in [-0.3, -0.25) is 9.20 Å². The van der Waals surface area contributed by atoms with Crippen LogP contribution in [0, 0.1) is 11.3 Å². The number of likely N-dealkylation sites (N-methyl/N-ethyl adjacent to an activating group) is 1. The number of alkyl halides is 3. The van der Waals surface area contributed by atoms with Gasteiger partial charge in [-0.25, -0.2) is 4.98 Å². The Bertz CT molecular complexity index is 1480. The van der Waals surface area contributed by atoms with Gasteiger partial charge < -0.3 is 9.80 Å². The first-order valence-electron chi connectivity index (χ1n) is 11.4. The van der Waals surface area contributed by atoms with Crippen molar-refractivity contribution in [2.45, 2.75) is 6.18 Å². The average Bonchev–Trinajstić information content (AvgIpc) is 3.31. The molecule has 0 radical (unpaired) electrons. The number of imidazole rings is 1. The van der Waals surface area contributed by atoms with Gasteiger partial charge >= 0.3 is 6.18 Å². The van der Waals surface area contributed by atoms with Crippen LogP contribution in [0.1, 0.15) is 21.5 Å². The summed E-state index contributed by atoms with van der Waals surface area (Å²) < 4.78 is 44.0. The summed E-state index contributed by atoms with van der Waals surface area (Å²) in [6.07, 6.45) is -1.27. The molecule has 0 unspecified atom stereocenters. The summed E-state index contributed by atoms with van der Waals surface area (Å²) in [6.45, 7) is 2.03. The largest absolute Gasteiger partial charge is 0.417 e. The van der Waals surface area contributed by atoms with Crippen LogP contribution < -0.4 is 0 Å². The van der Waals surface area contributed by atoms with Crippen molar-refractivity contribution in [2.75, 3.05) is 33.2 Å². The van der Waals surface area contributed by atoms with Crippen LogP contribution in [0.5, 0.6) is 0 Å². The van der Waals surface area contributed by atoms with E-state index in [1.165, 1.54) is 11.0 Å². The third kappa shape index (κ3) is 4.43. The number of hydrogen-bond donors (Lipinski definition) is 0. The number of aromatic nitrogens is 2. The Hall–Kier alpha value is -4.16. The maximum Gasteiger partial charge on any atom is 0.417 e. The molecule has 6 nitrogen and oxygen atoms in total. The topological polar surface area (TPSA) is 64.6 Å². The Kier molecular flexibility index (Phi) is 5.98. The highest BCUT2D eigenvalue weighted by atomic mass is 19.4. The molecule has 2 aromatic carbocycles. The summed E-state index contributed by atoms with van der Waals surface area (Å²) >= 11 is 0. The molecule has 5 rings (SSSR count). The maximum atomic E-state index is 14.1. The van der Waals surface area contributed by atoms with Crippen molar-refractivity contribution >= 4 is 11.6 Å². The quantitative estimate of drug-likeness (QED) is 0.409. The van der Waals surface area contributed by atoms with Gasteiger partial charge in [-0.05, 0) is 54.6 Å². The summed E-state index contributed by atoms with van der Waals surface area (Å²) in [5.74, 6) is -0.602. The molecule has 0 atom stereocenters. The zero-order valence-corrected chi connectivity index (χ0v) is 19.5. The molecule has 0 aliphatic carbocycles. The molecule has 4 aromatic rings. The number of nitrogens with zero attached hydrogens (tertiary/aromatic N) is 5. The molecule has 0 saturated carbocycles. The van der Waals surface area contributed by atoms with E-state index in [4.69, 9.17) is 5.26 Å². The molecule has 182 valence electrons. The van der Waals surface area contributed by atoms with Crippen molar-refractivity contribution in [3.05, 3.63) is 83.7 Å². The number of amides is 1. The van der Waals surface area contributed by atoms with E-state index in [0.29, 0.717) is 48.5 Å². The van der Waals surface area contributed by atoms with E-state index >= 15 is 0 Å². The van der Waals surface area contributed by atoms with Gasteiger partial charge in [0.1, 0.15) is 5.65 Å². The number of fused-ring (bicyclic) bond motifs is 1. The van der Waals surface area contributed by atoms with Crippen molar-refractivity contribution in [1.82, 2.24) is 19.2 Å². The summed E-state index contributed by atoms with van der Waals surface area (Å²) in [6, 6.07) is 16.4. The first-order valence-corrected chi connectivity index (χ1v) is 11.4. The Balaban J connectivity index is 1.54. The fraction of sp³-hybridized carbons (Fsp3) is 0.222. The number of hydrogen-bond acceptors (Lipinski definition) is 4. The number of pyridine rings is 1. The molecule has 2 aromatic heterocycles. The summed E-state index contributed by atoms with van der Waals surface area (Å²) in [7, 11) is 1.92. The minimum Gasteiger partial charge on any atom is -0.336 e. The zero-order chi connectivity index (χ0) is 25.4. The second kappa shape index (κ2) is 9.13. The molecular formula is C27H22F3N5O. The van der Waals surface area contributed by atoms with Gasteiger partial charge in [-0.15, -0.1) is 0 Å². The van der Waals surface area contributed by atoms with E-state index < -0.39 is 17.6 Å². The molecule has 1 fully saturated rings. The van der Waals surface area contributed by atoms with Crippen LogP contribution in [0.3, 0.4) is 0 Å². The van der Waals surface area contributed by atoms with Crippen LogP contribution >= 0.6 is 0 Å². The van der Waals surface area contributed by atoms with Crippen LogP contribution in [0.2, 0.25) is 0 Å². The molecule has 0 spiro atoms. The van der Waals surface area contributed by atoms with Crippen LogP contribution in [-0.4, -0.2) is 58.3 Å². The van der Waals surface area contributed by atoms with Gasteiger partial charge in [0.05, 0.1) is 34.7 Å². The number of piperazine rings is 1. The second-order valence-corrected chi connectivity index (χ2v) is 8.83. The predicted octanol–water partition coefficient (Wildman–Crippen LogP) is 4.95. The highest BCUT2D eigenvalue weighted by molar-refractivity contribution is 5.96. The summed E-state index contributed by atoms with van der Waals surface area (Å²) in [5, 5.41) is 9.04. The molecule has 0 N–H and O–H groups in total. The molecule has 36 heavy (non-hydrogen) atoms. The smallest absolute Gasteiger partial charge is 0.336 e. The Morgan fingerprint density at radius 2 is 1.61 bits per heavy atom. The maximum absolute atomic E-state index is 14.1. The van der Waals surface area contributed by atoms with Crippen LogP contribution in [0.25, 0.3) is 28.0 Å². The van der Waals surface area contributed by atoms with Gasteiger partial charge in [0.2, 0.25) is 0 Å². The minimum absolute atomic E-state index is 0.335. The normalized spacial score (nSPS) is 14.7.